The number of hydrogen-bond donors (Lipinski definition) is 0. The summed E-state index contributed by atoms with van der Waals surface area (Å²) >= 11 is 0. The van der Waals surface area contributed by atoms with E-state index in [2.05, 4.69) is 49.9 Å². The average molecular weight is 306 g/mol. The molecule has 1 heterocycles. The number of rotatable bonds is 1. The summed E-state index contributed by atoms with van der Waals surface area (Å²) in [5.74, 6) is 0.127. The van der Waals surface area contributed by atoms with Crippen LogP contribution in [0.25, 0.3) is 0 Å². The molecule has 0 atom stereocenters. The molecule has 1 aliphatic carbocycles. The molecule has 0 bridgehead atoms. The zero-order chi connectivity index (χ0) is 16.2. The minimum absolute atomic E-state index is 0.119. The predicted octanol–water partition coefficient (Wildman–Crippen LogP) is 4.75. The molecular weight excluding hydrogens is 284 g/mol. The number of para-hydroxylation sites is 3. The zero-order valence-electron chi connectivity index (χ0n) is 13.9. The fraction of sp³-hybridized carbons (Fsp3) is 0.350. The number of amides is 1. The van der Waals surface area contributed by atoms with E-state index in [9.17, 15) is 4.79 Å². The Labute approximate surface area is 137 Å². The summed E-state index contributed by atoms with van der Waals surface area (Å²) in [5, 5.41) is 0. The first-order chi connectivity index (χ1) is 11.0. The maximum Gasteiger partial charge on any atom is 0.260 e. The summed E-state index contributed by atoms with van der Waals surface area (Å²) in [4.78, 5) is 17.6. The molecule has 0 radical (unpaired) electrons. The van der Waals surface area contributed by atoms with Gasteiger partial charge in [0, 0.05) is 11.6 Å². The summed E-state index contributed by atoms with van der Waals surface area (Å²) in [6.07, 6.45) is 2.19. The second-order valence-electron chi connectivity index (χ2n) is 7.42. The number of carbonyl (C=O) groups excluding carboxylic acids is 1. The third-order valence-electron chi connectivity index (χ3n) is 4.56. The van der Waals surface area contributed by atoms with Crippen LogP contribution in [0.3, 0.4) is 0 Å². The van der Waals surface area contributed by atoms with Gasteiger partial charge < -0.3 is 9.80 Å². The lowest BCUT2D eigenvalue weighted by atomic mass is 10.0. The van der Waals surface area contributed by atoms with E-state index in [-0.39, 0.29) is 11.4 Å². The Kier molecular flexibility index (Phi) is 3.02. The van der Waals surface area contributed by atoms with Crippen LogP contribution in [0.4, 0.5) is 17.1 Å². The van der Waals surface area contributed by atoms with Crippen LogP contribution in [0.5, 0.6) is 0 Å². The molecule has 3 nitrogen and oxygen atoms in total. The van der Waals surface area contributed by atoms with Gasteiger partial charge in [-0.2, -0.15) is 0 Å². The highest BCUT2D eigenvalue weighted by Crippen LogP contribution is 2.47. The van der Waals surface area contributed by atoms with E-state index >= 15 is 0 Å². The van der Waals surface area contributed by atoms with Gasteiger partial charge in [0.25, 0.3) is 5.91 Å². The standard InChI is InChI=1S/C20H22N2O/c1-20(2,3)22-16-9-5-4-8-15(16)19(23)21(14-12-13-14)17-10-6-7-11-18(17)22/h4-11,14H,12-13H2,1-3H3. The van der Waals surface area contributed by atoms with E-state index in [4.69, 9.17) is 0 Å². The van der Waals surface area contributed by atoms with E-state index in [1.165, 1.54) is 0 Å². The number of benzene rings is 2. The summed E-state index contributed by atoms with van der Waals surface area (Å²) in [7, 11) is 0. The predicted molar refractivity (Wildman–Crippen MR) is 94.6 cm³/mol. The van der Waals surface area contributed by atoms with Crippen LogP contribution in [0.2, 0.25) is 0 Å². The molecule has 2 aliphatic rings. The molecule has 23 heavy (non-hydrogen) atoms. The van der Waals surface area contributed by atoms with Gasteiger partial charge in [0.05, 0.1) is 22.6 Å². The molecule has 1 amide bonds. The molecule has 1 fully saturated rings. The van der Waals surface area contributed by atoms with Gasteiger partial charge in [-0.3, -0.25) is 4.79 Å². The lowest BCUT2D eigenvalue weighted by Crippen LogP contribution is -2.38. The maximum atomic E-state index is 13.3. The first kappa shape index (κ1) is 14.3. The SMILES string of the molecule is CC(C)(C)N1c2ccccc2C(=O)N(C2CC2)c2ccccc21. The molecule has 0 spiro atoms. The van der Waals surface area contributed by atoms with E-state index in [0.29, 0.717) is 6.04 Å². The fourth-order valence-corrected chi connectivity index (χ4v) is 3.49. The summed E-state index contributed by atoms with van der Waals surface area (Å²) in [5.41, 5.74) is 3.83. The molecule has 0 unspecified atom stereocenters. The van der Waals surface area contributed by atoms with Gasteiger partial charge in [-0.05, 0) is 57.9 Å². The van der Waals surface area contributed by atoms with Gasteiger partial charge in [-0.25, -0.2) is 0 Å². The maximum absolute atomic E-state index is 13.3. The smallest absolute Gasteiger partial charge is 0.260 e. The monoisotopic (exact) mass is 306 g/mol. The van der Waals surface area contributed by atoms with Gasteiger partial charge in [-0.1, -0.05) is 24.3 Å². The molecule has 2 aromatic carbocycles. The fourth-order valence-electron chi connectivity index (χ4n) is 3.49. The normalized spacial score (nSPS) is 17.6. The highest BCUT2D eigenvalue weighted by molar-refractivity contribution is 6.14. The van der Waals surface area contributed by atoms with Crippen LogP contribution < -0.4 is 9.80 Å². The van der Waals surface area contributed by atoms with Crippen molar-refractivity contribution >= 4 is 23.0 Å². The largest absolute Gasteiger partial charge is 0.334 e. The Morgan fingerprint density at radius 1 is 0.870 bits per heavy atom. The van der Waals surface area contributed by atoms with Gasteiger partial charge in [-0.15, -0.1) is 0 Å². The van der Waals surface area contributed by atoms with E-state index < -0.39 is 0 Å². The molecule has 2 aromatic rings. The number of nitrogens with zero attached hydrogens (tertiary/aromatic N) is 2. The first-order valence-corrected chi connectivity index (χ1v) is 8.30. The van der Waals surface area contributed by atoms with Gasteiger partial charge >= 0.3 is 0 Å². The highest BCUT2D eigenvalue weighted by atomic mass is 16.2. The van der Waals surface area contributed by atoms with Crippen molar-refractivity contribution in [3.05, 3.63) is 54.1 Å². The van der Waals surface area contributed by atoms with Crippen LogP contribution in [0.15, 0.2) is 48.5 Å². The van der Waals surface area contributed by atoms with Crippen molar-refractivity contribution in [2.75, 3.05) is 9.80 Å². The zero-order valence-corrected chi connectivity index (χ0v) is 13.9. The van der Waals surface area contributed by atoms with Crippen LogP contribution in [-0.2, 0) is 0 Å². The Morgan fingerprint density at radius 3 is 2.04 bits per heavy atom. The number of carbonyl (C=O) groups is 1. The first-order valence-electron chi connectivity index (χ1n) is 8.30. The van der Waals surface area contributed by atoms with Gasteiger partial charge in [0.15, 0.2) is 0 Å². The quantitative estimate of drug-likeness (QED) is 0.759. The van der Waals surface area contributed by atoms with Crippen molar-refractivity contribution in [3.8, 4) is 0 Å². The lowest BCUT2D eigenvalue weighted by molar-refractivity contribution is 0.0986. The third-order valence-corrected chi connectivity index (χ3v) is 4.56. The molecule has 1 aliphatic heterocycles. The van der Waals surface area contributed by atoms with E-state index in [0.717, 1.165) is 35.5 Å². The third kappa shape index (κ3) is 2.23. The summed E-state index contributed by atoms with van der Waals surface area (Å²) in [6, 6.07) is 16.6. The summed E-state index contributed by atoms with van der Waals surface area (Å²) < 4.78 is 0. The molecule has 0 saturated heterocycles. The second kappa shape index (κ2) is 4.85. The van der Waals surface area contributed by atoms with Crippen LogP contribution in [0.1, 0.15) is 44.0 Å². The number of hydrogen-bond acceptors (Lipinski definition) is 2. The van der Waals surface area contributed by atoms with E-state index in [1.807, 2.05) is 29.2 Å². The lowest BCUT2D eigenvalue weighted by Gasteiger charge is -2.38. The van der Waals surface area contributed by atoms with Crippen LogP contribution >= 0.6 is 0 Å². The molecular formula is C20H22N2O. The molecule has 3 heteroatoms. The van der Waals surface area contributed by atoms with Crippen molar-refractivity contribution in [2.24, 2.45) is 0 Å². The van der Waals surface area contributed by atoms with Crippen molar-refractivity contribution in [1.82, 2.24) is 0 Å². The Balaban J connectivity index is 2.04. The minimum atomic E-state index is -0.119. The van der Waals surface area contributed by atoms with Crippen molar-refractivity contribution in [2.45, 2.75) is 45.2 Å². The van der Waals surface area contributed by atoms with Crippen molar-refractivity contribution < 1.29 is 4.79 Å². The molecule has 118 valence electrons. The van der Waals surface area contributed by atoms with Crippen molar-refractivity contribution in [1.29, 1.82) is 0 Å². The molecule has 0 N–H and O–H groups in total. The van der Waals surface area contributed by atoms with E-state index in [1.54, 1.807) is 0 Å². The minimum Gasteiger partial charge on any atom is -0.334 e. The topological polar surface area (TPSA) is 23.6 Å². The van der Waals surface area contributed by atoms with Crippen LogP contribution in [0, 0.1) is 0 Å². The molecule has 4 rings (SSSR count). The van der Waals surface area contributed by atoms with Gasteiger partial charge in [0.1, 0.15) is 0 Å². The molecule has 0 aromatic heterocycles. The van der Waals surface area contributed by atoms with Crippen LogP contribution in [-0.4, -0.2) is 17.5 Å². The summed E-state index contributed by atoms with van der Waals surface area (Å²) in [6.45, 7) is 6.58. The second-order valence-corrected chi connectivity index (χ2v) is 7.42. The number of fused-ring (bicyclic) bond motifs is 2. The Hall–Kier alpha value is -2.29. The Bertz CT molecular complexity index is 771. The Morgan fingerprint density at radius 2 is 1.43 bits per heavy atom. The highest BCUT2D eigenvalue weighted by Gasteiger charge is 2.41. The van der Waals surface area contributed by atoms with Gasteiger partial charge in [0.2, 0.25) is 0 Å². The molecule has 1 saturated carbocycles. The number of anilines is 3. The van der Waals surface area contributed by atoms with Crippen molar-refractivity contribution in [3.63, 3.8) is 0 Å². The average Bonchev–Trinajstić information content (AvgIpc) is 3.33.